The highest BCUT2D eigenvalue weighted by Gasteiger charge is 2.16. The van der Waals surface area contributed by atoms with Crippen LogP contribution in [0.3, 0.4) is 0 Å². The maximum Gasteiger partial charge on any atom is 0.102 e. The minimum absolute atomic E-state index is 0.825. The van der Waals surface area contributed by atoms with Gasteiger partial charge in [-0.1, -0.05) is 24.3 Å². The molecule has 0 unspecified atom stereocenters. The Bertz CT molecular complexity index is 745. The van der Waals surface area contributed by atoms with E-state index in [0.717, 1.165) is 35.1 Å². The first kappa shape index (κ1) is 12.0. The summed E-state index contributed by atoms with van der Waals surface area (Å²) in [5.41, 5.74) is 3.12. The number of aromatic nitrogens is 1. The molecule has 1 aromatic carbocycles. The number of rotatable bonds is 3. The van der Waals surface area contributed by atoms with Crippen LogP contribution >= 0.6 is 11.3 Å². The van der Waals surface area contributed by atoms with Crippen molar-refractivity contribution in [2.24, 2.45) is 0 Å². The zero-order valence-electron chi connectivity index (χ0n) is 10.8. The fourth-order valence-electron chi connectivity index (χ4n) is 2.60. The second kappa shape index (κ2) is 4.91. The third-order valence-corrected chi connectivity index (χ3v) is 4.30. The minimum Gasteiger partial charge on any atom is -0.343 e. The van der Waals surface area contributed by atoms with Gasteiger partial charge in [0.15, 0.2) is 0 Å². The van der Waals surface area contributed by atoms with Gasteiger partial charge in [-0.05, 0) is 24.4 Å². The van der Waals surface area contributed by atoms with Crippen LogP contribution in [0.15, 0.2) is 41.8 Å². The van der Waals surface area contributed by atoms with Crippen molar-refractivity contribution in [3.05, 3.63) is 57.9 Å². The standard InChI is InChI=1S/C16H14N2S/c1-2-18-15-8-4-3-7-13(15)14(11-17)16(18)10-12-6-5-9-19-12/h3-9H,2,10H2,1H3. The van der Waals surface area contributed by atoms with E-state index in [1.165, 1.54) is 4.88 Å². The van der Waals surface area contributed by atoms with Gasteiger partial charge in [0.25, 0.3) is 0 Å². The molecule has 2 aromatic heterocycles. The van der Waals surface area contributed by atoms with Gasteiger partial charge in [-0.25, -0.2) is 0 Å². The van der Waals surface area contributed by atoms with Crippen LogP contribution in [0.5, 0.6) is 0 Å². The molecule has 2 nitrogen and oxygen atoms in total. The highest BCUT2D eigenvalue weighted by Crippen LogP contribution is 2.28. The summed E-state index contributed by atoms with van der Waals surface area (Å²) < 4.78 is 2.26. The Hall–Kier alpha value is -2.05. The Morgan fingerprint density at radius 3 is 2.74 bits per heavy atom. The number of benzene rings is 1. The molecule has 0 bridgehead atoms. The van der Waals surface area contributed by atoms with Gasteiger partial charge in [-0.2, -0.15) is 5.26 Å². The van der Waals surface area contributed by atoms with E-state index < -0.39 is 0 Å². The lowest BCUT2D eigenvalue weighted by molar-refractivity contribution is 0.753. The molecule has 0 aliphatic heterocycles. The molecular formula is C16H14N2S. The lowest BCUT2D eigenvalue weighted by Crippen LogP contribution is -2.01. The molecule has 0 aliphatic carbocycles. The molecule has 3 rings (SSSR count). The summed E-state index contributed by atoms with van der Waals surface area (Å²) in [6.07, 6.45) is 0.836. The van der Waals surface area contributed by atoms with Gasteiger partial charge in [0, 0.05) is 34.4 Å². The Morgan fingerprint density at radius 1 is 1.21 bits per heavy atom. The SMILES string of the molecule is CCn1c(Cc2cccs2)c(C#N)c2ccccc21. The van der Waals surface area contributed by atoms with E-state index in [9.17, 15) is 5.26 Å². The van der Waals surface area contributed by atoms with Gasteiger partial charge in [-0.3, -0.25) is 0 Å². The summed E-state index contributed by atoms with van der Waals surface area (Å²) in [6, 6.07) is 14.7. The Labute approximate surface area is 116 Å². The number of fused-ring (bicyclic) bond motifs is 1. The highest BCUT2D eigenvalue weighted by molar-refractivity contribution is 7.09. The van der Waals surface area contributed by atoms with Crippen LogP contribution in [0.4, 0.5) is 0 Å². The van der Waals surface area contributed by atoms with Gasteiger partial charge in [-0.15, -0.1) is 11.3 Å². The molecule has 0 radical (unpaired) electrons. The molecular weight excluding hydrogens is 252 g/mol. The molecule has 0 spiro atoms. The molecule has 2 heterocycles. The monoisotopic (exact) mass is 266 g/mol. The van der Waals surface area contributed by atoms with Crippen molar-refractivity contribution < 1.29 is 0 Å². The second-order valence-electron chi connectivity index (χ2n) is 4.45. The van der Waals surface area contributed by atoms with E-state index in [2.05, 4.69) is 41.1 Å². The maximum atomic E-state index is 9.49. The van der Waals surface area contributed by atoms with Crippen molar-refractivity contribution in [1.29, 1.82) is 5.26 Å². The summed E-state index contributed by atoms with van der Waals surface area (Å²) in [5.74, 6) is 0. The fraction of sp³-hybridized carbons (Fsp3) is 0.188. The molecule has 0 aliphatic rings. The van der Waals surface area contributed by atoms with Crippen molar-refractivity contribution in [3.63, 3.8) is 0 Å². The maximum absolute atomic E-state index is 9.49. The smallest absolute Gasteiger partial charge is 0.102 e. The van der Waals surface area contributed by atoms with Gasteiger partial charge >= 0.3 is 0 Å². The number of hydrogen-bond donors (Lipinski definition) is 0. The molecule has 0 saturated heterocycles. The van der Waals surface area contributed by atoms with E-state index in [1.807, 2.05) is 18.2 Å². The van der Waals surface area contributed by atoms with Crippen molar-refractivity contribution in [2.45, 2.75) is 19.9 Å². The van der Waals surface area contributed by atoms with Crippen LogP contribution in [-0.4, -0.2) is 4.57 Å². The molecule has 0 saturated carbocycles. The lowest BCUT2D eigenvalue weighted by Gasteiger charge is -2.07. The summed E-state index contributed by atoms with van der Waals surface area (Å²) in [5, 5.41) is 12.6. The fourth-order valence-corrected chi connectivity index (χ4v) is 3.31. The molecule has 0 fully saturated rings. The van der Waals surface area contributed by atoms with Gasteiger partial charge in [0.2, 0.25) is 0 Å². The van der Waals surface area contributed by atoms with E-state index in [-0.39, 0.29) is 0 Å². The lowest BCUT2D eigenvalue weighted by atomic mass is 10.1. The minimum atomic E-state index is 0.825. The summed E-state index contributed by atoms with van der Waals surface area (Å²) in [4.78, 5) is 1.30. The third kappa shape index (κ3) is 1.94. The highest BCUT2D eigenvalue weighted by atomic mass is 32.1. The molecule has 0 amide bonds. The van der Waals surface area contributed by atoms with Crippen molar-refractivity contribution in [2.75, 3.05) is 0 Å². The first-order valence-corrected chi connectivity index (χ1v) is 7.25. The molecule has 19 heavy (non-hydrogen) atoms. The van der Waals surface area contributed by atoms with Crippen LogP contribution in [0.25, 0.3) is 10.9 Å². The molecule has 3 heteroatoms. The summed E-state index contributed by atoms with van der Waals surface area (Å²) in [7, 11) is 0. The molecule has 0 atom stereocenters. The Balaban J connectivity index is 2.24. The van der Waals surface area contributed by atoms with E-state index in [0.29, 0.717) is 0 Å². The predicted octanol–water partition coefficient (Wildman–Crippen LogP) is 4.19. The van der Waals surface area contributed by atoms with Crippen LogP contribution in [0, 0.1) is 11.3 Å². The number of nitrogens with zero attached hydrogens (tertiary/aromatic N) is 2. The normalized spacial score (nSPS) is 10.7. The summed E-state index contributed by atoms with van der Waals surface area (Å²) in [6.45, 7) is 3.02. The summed E-state index contributed by atoms with van der Waals surface area (Å²) >= 11 is 1.74. The largest absolute Gasteiger partial charge is 0.343 e. The first-order valence-electron chi connectivity index (χ1n) is 6.37. The number of nitriles is 1. The second-order valence-corrected chi connectivity index (χ2v) is 5.48. The topological polar surface area (TPSA) is 28.7 Å². The van der Waals surface area contributed by atoms with Crippen LogP contribution in [-0.2, 0) is 13.0 Å². The number of thiophene rings is 1. The quantitative estimate of drug-likeness (QED) is 0.699. The third-order valence-electron chi connectivity index (χ3n) is 3.43. The molecule has 0 N–H and O–H groups in total. The average molecular weight is 266 g/mol. The van der Waals surface area contributed by atoms with Crippen LogP contribution < -0.4 is 0 Å². The average Bonchev–Trinajstić information content (AvgIpc) is 3.04. The van der Waals surface area contributed by atoms with Crippen LogP contribution in [0.1, 0.15) is 23.1 Å². The first-order chi connectivity index (χ1) is 9.35. The van der Waals surface area contributed by atoms with Crippen molar-refractivity contribution >= 4 is 22.2 Å². The molecule has 94 valence electrons. The number of aryl methyl sites for hydroxylation is 1. The van der Waals surface area contributed by atoms with Gasteiger partial charge in [0.1, 0.15) is 6.07 Å². The number of hydrogen-bond acceptors (Lipinski definition) is 2. The molecule has 3 aromatic rings. The van der Waals surface area contributed by atoms with Crippen molar-refractivity contribution in [1.82, 2.24) is 4.57 Å². The van der Waals surface area contributed by atoms with Crippen LogP contribution in [0.2, 0.25) is 0 Å². The van der Waals surface area contributed by atoms with Gasteiger partial charge in [0.05, 0.1) is 5.56 Å². The van der Waals surface area contributed by atoms with Gasteiger partial charge < -0.3 is 4.57 Å². The zero-order chi connectivity index (χ0) is 13.2. The van der Waals surface area contributed by atoms with Crippen molar-refractivity contribution in [3.8, 4) is 6.07 Å². The zero-order valence-corrected chi connectivity index (χ0v) is 11.6. The predicted molar refractivity (Wildman–Crippen MR) is 79.5 cm³/mol. The van der Waals surface area contributed by atoms with E-state index >= 15 is 0 Å². The number of para-hydroxylation sites is 1. The van der Waals surface area contributed by atoms with E-state index in [1.54, 1.807) is 11.3 Å². The Morgan fingerprint density at radius 2 is 2.05 bits per heavy atom. The van der Waals surface area contributed by atoms with E-state index in [4.69, 9.17) is 0 Å². The Kier molecular flexibility index (Phi) is 3.10.